The number of hydrogen-bond donors (Lipinski definition) is 2. The molecule has 0 aliphatic carbocycles. The molecule has 2 aromatic rings. The Kier molecular flexibility index (Phi) is 5.63. The van der Waals surface area contributed by atoms with Crippen molar-refractivity contribution in [2.24, 2.45) is 0 Å². The lowest BCUT2D eigenvalue weighted by Gasteiger charge is -2.18. The molecule has 0 aliphatic heterocycles. The third kappa shape index (κ3) is 4.56. The Morgan fingerprint density at radius 3 is 2.67 bits per heavy atom. The van der Waals surface area contributed by atoms with Crippen LogP contribution >= 0.6 is 0 Å². The van der Waals surface area contributed by atoms with Crippen molar-refractivity contribution in [3.05, 3.63) is 41.3 Å². The van der Waals surface area contributed by atoms with E-state index in [9.17, 15) is 18.3 Å². The highest BCUT2D eigenvalue weighted by molar-refractivity contribution is 5.55. The van der Waals surface area contributed by atoms with Crippen LogP contribution in [0.2, 0.25) is 0 Å². The van der Waals surface area contributed by atoms with Crippen molar-refractivity contribution >= 4 is 0 Å². The molecule has 8 heteroatoms. The molecule has 2 rings (SSSR count). The average Bonchev–Trinajstić information content (AvgIpc) is 2.87. The van der Waals surface area contributed by atoms with Gasteiger partial charge in [-0.1, -0.05) is 6.07 Å². The summed E-state index contributed by atoms with van der Waals surface area (Å²) >= 11 is 0. The minimum Gasteiger partial charge on any atom is -0.441 e. The molecule has 0 spiro atoms. The number of aryl methyl sites for hydroxylation is 1. The number of hydrogen-bond acceptors (Lipinski definition) is 5. The lowest BCUT2D eigenvalue weighted by molar-refractivity contribution is -0.137. The van der Waals surface area contributed by atoms with Gasteiger partial charge in [0.25, 0.3) is 0 Å². The van der Waals surface area contributed by atoms with Crippen molar-refractivity contribution < 1.29 is 27.8 Å². The molecule has 0 bridgehead atoms. The SMILES string of the molecule is Cc1oc(-c2cccc(C(F)(F)F)c2)nc1CN(C)CC(O)CO. The number of aliphatic hydroxyl groups is 2. The molecule has 5 nitrogen and oxygen atoms in total. The van der Waals surface area contributed by atoms with Gasteiger partial charge >= 0.3 is 6.18 Å². The average molecular weight is 344 g/mol. The van der Waals surface area contributed by atoms with E-state index in [2.05, 4.69) is 4.98 Å². The van der Waals surface area contributed by atoms with Crippen molar-refractivity contribution in [3.8, 4) is 11.5 Å². The molecular formula is C16H19F3N2O3. The molecular weight excluding hydrogens is 325 g/mol. The Bertz CT molecular complexity index is 685. The van der Waals surface area contributed by atoms with Gasteiger partial charge in [-0.05, 0) is 32.2 Å². The Hall–Kier alpha value is -1.90. The van der Waals surface area contributed by atoms with Crippen molar-refractivity contribution in [1.29, 1.82) is 0 Å². The molecule has 0 fully saturated rings. The molecule has 24 heavy (non-hydrogen) atoms. The van der Waals surface area contributed by atoms with Crippen LogP contribution in [-0.2, 0) is 12.7 Å². The van der Waals surface area contributed by atoms with Gasteiger partial charge in [0, 0.05) is 18.7 Å². The highest BCUT2D eigenvalue weighted by Gasteiger charge is 2.30. The van der Waals surface area contributed by atoms with E-state index in [1.807, 2.05) is 0 Å². The molecule has 1 atom stereocenters. The fourth-order valence-electron chi connectivity index (χ4n) is 2.26. The molecule has 1 aromatic heterocycles. The molecule has 2 N–H and O–H groups in total. The predicted octanol–water partition coefficient (Wildman–Crippen LogP) is 2.45. The van der Waals surface area contributed by atoms with Crippen molar-refractivity contribution in [3.63, 3.8) is 0 Å². The second kappa shape index (κ2) is 7.33. The van der Waals surface area contributed by atoms with Gasteiger partial charge in [0.05, 0.1) is 24.0 Å². The van der Waals surface area contributed by atoms with E-state index in [1.54, 1.807) is 18.9 Å². The van der Waals surface area contributed by atoms with Crippen LogP contribution < -0.4 is 0 Å². The summed E-state index contributed by atoms with van der Waals surface area (Å²) in [6.45, 7) is 1.90. The van der Waals surface area contributed by atoms with Crippen LogP contribution in [0.5, 0.6) is 0 Å². The monoisotopic (exact) mass is 344 g/mol. The zero-order chi connectivity index (χ0) is 17.9. The summed E-state index contributed by atoms with van der Waals surface area (Å²) in [6.07, 6.45) is -5.30. The summed E-state index contributed by atoms with van der Waals surface area (Å²) in [5.74, 6) is 0.609. The summed E-state index contributed by atoms with van der Waals surface area (Å²) in [5, 5.41) is 18.3. The third-order valence-corrected chi connectivity index (χ3v) is 3.48. The number of halogens is 3. The van der Waals surface area contributed by atoms with E-state index in [0.717, 1.165) is 12.1 Å². The minimum absolute atomic E-state index is 0.115. The van der Waals surface area contributed by atoms with E-state index >= 15 is 0 Å². The highest BCUT2D eigenvalue weighted by atomic mass is 19.4. The number of benzene rings is 1. The van der Waals surface area contributed by atoms with Crippen LogP contribution in [0.3, 0.4) is 0 Å². The second-order valence-electron chi connectivity index (χ2n) is 5.63. The molecule has 1 aromatic carbocycles. The lowest BCUT2D eigenvalue weighted by Crippen LogP contribution is -2.31. The number of likely N-dealkylation sites (N-methyl/N-ethyl adjacent to an activating group) is 1. The van der Waals surface area contributed by atoms with Gasteiger partial charge in [-0.25, -0.2) is 4.98 Å². The fourth-order valence-corrected chi connectivity index (χ4v) is 2.26. The summed E-state index contributed by atoms with van der Waals surface area (Å²) in [6, 6.07) is 4.79. The molecule has 1 unspecified atom stereocenters. The largest absolute Gasteiger partial charge is 0.441 e. The fraction of sp³-hybridized carbons (Fsp3) is 0.438. The molecule has 0 saturated heterocycles. The number of nitrogens with zero attached hydrogens (tertiary/aromatic N) is 2. The normalized spacial score (nSPS) is 13.5. The van der Waals surface area contributed by atoms with Crippen LogP contribution in [-0.4, -0.2) is 46.4 Å². The molecule has 132 valence electrons. The standard InChI is InChI=1S/C16H19F3N2O3/c1-10-14(8-21(2)7-13(23)9-22)20-15(24-10)11-4-3-5-12(6-11)16(17,18)19/h3-6,13,22-23H,7-9H2,1-2H3. The maximum Gasteiger partial charge on any atom is 0.416 e. The number of alkyl halides is 3. The molecule has 0 radical (unpaired) electrons. The molecule has 1 heterocycles. The van der Waals surface area contributed by atoms with Crippen molar-refractivity contribution in [2.45, 2.75) is 25.7 Å². The van der Waals surface area contributed by atoms with Gasteiger partial charge in [-0.3, -0.25) is 4.90 Å². The lowest BCUT2D eigenvalue weighted by atomic mass is 10.1. The van der Waals surface area contributed by atoms with Crippen LogP contribution in [0.25, 0.3) is 11.5 Å². The third-order valence-electron chi connectivity index (χ3n) is 3.48. The second-order valence-corrected chi connectivity index (χ2v) is 5.63. The first kappa shape index (κ1) is 18.4. The molecule has 0 saturated carbocycles. The zero-order valence-corrected chi connectivity index (χ0v) is 13.3. The van der Waals surface area contributed by atoms with E-state index in [1.165, 1.54) is 12.1 Å². The van der Waals surface area contributed by atoms with Crippen LogP contribution in [0.4, 0.5) is 13.2 Å². The Labute approximate surface area is 137 Å². The van der Waals surface area contributed by atoms with Gasteiger partial charge in [0.2, 0.25) is 5.89 Å². The summed E-state index contributed by atoms with van der Waals surface area (Å²) < 4.78 is 43.9. The first-order valence-electron chi connectivity index (χ1n) is 7.32. The van der Waals surface area contributed by atoms with Crippen molar-refractivity contribution in [1.82, 2.24) is 9.88 Å². The van der Waals surface area contributed by atoms with Gasteiger partial charge in [0.15, 0.2) is 0 Å². The quantitative estimate of drug-likeness (QED) is 0.842. The molecule has 0 amide bonds. The highest BCUT2D eigenvalue weighted by Crippen LogP contribution is 2.32. The zero-order valence-electron chi connectivity index (χ0n) is 13.3. The van der Waals surface area contributed by atoms with E-state index in [-0.39, 0.29) is 24.6 Å². The van der Waals surface area contributed by atoms with E-state index in [4.69, 9.17) is 9.52 Å². The number of oxazole rings is 1. The van der Waals surface area contributed by atoms with E-state index in [0.29, 0.717) is 18.0 Å². The van der Waals surface area contributed by atoms with E-state index < -0.39 is 17.8 Å². The van der Waals surface area contributed by atoms with Gasteiger partial charge in [-0.2, -0.15) is 13.2 Å². The smallest absolute Gasteiger partial charge is 0.416 e. The van der Waals surface area contributed by atoms with Gasteiger partial charge < -0.3 is 14.6 Å². The number of rotatable bonds is 6. The Morgan fingerprint density at radius 1 is 1.33 bits per heavy atom. The summed E-state index contributed by atoms with van der Waals surface area (Å²) in [5.41, 5.74) is 0.0489. The molecule has 0 aliphatic rings. The topological polar surface area (TPSA) is 69.7 Å². The Morgan fingerprint density at radius 2 is 2.04 bits per heavy atom. The maximum atomic E-state index is 12.8. The first-order valence-corrected chi connectivity index (χ1v) is 7.32. The Balaban J connectivity index is 2.20. The van der Waals surface area contributed by atoms with Gasteiger partial charge in [-0.15, -0.1) is 0 Å². The van der Waals surface area contributed by atoms with Crippen LogP contribution in [0.15, 0.2) is 28.7 Å². The van der Waals surface area contributed by atoms with Gasteiger partial charge in [0.1, 0.15) is 5.76 Å². The van der Waals surface area contributed by atoms with Crippen LogP contribution in [0, 0.1) is 6.92 Å². The van der Waals surface area contributed by atoms with Crippen LogP contribution in [0.1, 0.15) is 17.0 Å². The summed E-state index contributed by atoms with van der Waals surface area (Å²) in [4.78, 5) is 5.99. The van der Waals surface area contributed by atoms with Crippen molar-refractivity contribution in [2.75, 3.05) is 20.2 Å². The minimum atomic E-state index is -4.43. The number of aromatic nitrogens is 1. The first-order chi connectivity index (χ1) is 11.2. The summed E-state index contributed by atoms with van der Waals surface area (Å²) in [7, 11) is 1.73. The maximum absolute atomic E-state index is 12.8. The predicted molar refractivity (Wildman–Crippen MR) is 81.1 cm³/mol. The number of aliphatic hydroxyl groups excluding tert-OH is 2.